The zero-order valence-corrected chi connectivity index (χ0v) is 22.5. The van der Waals surface area contributed by atoms with Crippen molar-refractivity contribution in [2.24, 2.45) is 46.3 Å². The molecule has 0 amide bonds. The number of fused-ring (bicyclic) bond motifs is 5. The summed E-state index contributed by atoms with van der Waals surface area (Å²) in [6, 6.07) is 0. The minimum atomic E-state index is -4.97. The van der Waals surface area contributed by atoms with Crippen molar-refractivity contribution in [2.75, 3.05) is 0 Å². The number of rotatable bonds is 7. The van der Waals surface area contributed by atoms with Gasteiger partial charge in [0.1, 0.15) is 6.10 Å². The largest absolute Gasteiger partial charge is 0.726 e. The van der Waals surface area contributed by atoms with Crippen LogP contribution in [0.1, 0.15) is 85.5 Å². The molecule has 9 nitrogen and oxygen atoms in total. The van der Waals surface area contributed by atoms with Gasteiger partial charge in [-0.1, -0.05) is 20.8 Å². The van der Waals surface area contributed by atoms with Gasteiger partial charge in [-0.3, -0.25) is 8.98 Å². The monoisotopic (exact) mass is 528 g/mol. The molecule has 11 atom stereocenters. The van der Waals surface area contributed by atoms with Gasteiger partial charge in [0.25, 0.3) is 0 Å². The molecule has 0 saturated heterocycles. The molecule has 0 unspecified atom stereocenters. The topological polar surface area (TPSA) is 153 Å². The minimum absolute atomic E-state index is 0.0295. The highest BCUT2D eigenvalue weighted by Crippen LogP contribution is 2.69. The van der Waals surface area contributed by atoms with E-state index in [2.05, 4.69) is 6.92 Å². The standard InChI is InChI=1S/C26H42O9S/c1-14(5-8-23(29)30)18-6-7-19-24-20(13-22(26(18,19)4)35-36(31,32)33)25(3)10-9-17(34-15(2)27)11-16(25)12-21(24)28/h14,16-22,24,28H,5-13H2,1-4H3,(H,29,30)(H,31,32,33)/p-2/t14-,16+,17-,18-,19+,20+,21-,22+,24+,25+,26-/m1/s1. The number of hydrogen-bond acceptors (Lipinski definition) is 9. The molecule has 0 spiro atoms. The fraction of sp³-hybridized carbons (Fsp3) is 0.923. The Morgan fingerprint density at radius 3 is 2.42 bits per heavy atom. The number of aliphatic hydroxyl groups is 1. The minimum Gasteiger partial charge on any atom is -0.726 e. The lowest BCUT2D eigenvalue weighted by Crippen LogP contribution is -2.63. The molecule has 0 heterocycles. The Kier molecular flexibility index (Phi) is 7.58. The molecule has 0 aliphatic heterocycles. The van der Waals surface area contributed by atoms with Gasteiger partial charge in [-0.2, -0.15) is 0 Å². The van der Waals surface area contributed by atoms with Gasteiger partial charge in [0.2, 0.25) is 10.4 Å². The summed E-state index contributed by atoms with van der Waals surface area (Å²) in [7, 11) is -4.97. The lowest BCUT2D eigenvalue weighted by atomic mass is 9.43. The van der Waals surface area contributed by atoms with E-state index in [1.165, 1.54) is 6.92 Å². The van der Waals surface area contributed by atoms with Crippen molar-refractivity contribution in [3.63, 3.8) is 0 Å². The third-order valence-electron chi connectivity index (χ3n) is 10.8. The van der Waals surface area contributed by atoms with Crippen LogP contribution in [-0.2, 0) is 28.9 Å². The maximum absolute atomic E-state index is 11.9. The number of aliphatic hydroxyl groups excluding tert-OH is 1. The van der Waals surface area contributed by atoms with E-state index in [1.54, 1.807) is 0 Å². The number of carbonyl (C=O) groups is 2. The zero-order valence-electron chi connectivity index (χ0n) is 21.7. The van der Waals surface area contributed by atoms with E-state index in [-0.39, 0.29) is 59.4 Å². The number of carboxylic acids is 1. The van der Waals surface area contributed by atoms with Gasteiger partial charge in [0, 0.05) is 18.3 Å². The van der Waals surface area contributed by atoms with Crippen molar-refractivity contribution >= 4 is 22.3 Å². The summed E-state index contributed by atoms with van der Waals surface area (Å²) in [6.07, 6.45) is 3.35. The number of ether oxygens (including phenoxy) is 1. The summed E-state index contributed by atoms with van der Waals surface area (Å²) in [5.74, 6) is -1.53. The summed E-state index contributed by atoms with van der Waals surface area (Å²) in [5.41, 5.74) is -0.877. The van der Waals surface area contributed by atoms with Crippen molar-refractivity contribution in [1.29, 1.82) is 0 Å². The first-order valence-corrected chi connectivity index (χ1v) is 14.7. The van der Waals surface area contributed by atoms with Crippen molar-refractivity contribution in [2.45, 2.75) is 104 Å². The van der Waals surface area contributed by atoms with Crippen LogP contribution in [0.15, 0.2) is 0 Å². The second kappa shape index (κ2) is 9.82. The first-order valence-electron chi connectivity index (χ1n) is 13.4. The molecule has 206 valence electrons. The van der Waals surface area contributed by atoms with Crippen molar-refractivity contribution < 1.29 is 41.7 Å². The van der Waals surface area contributed by atoms with Crippen LogP contribution in [0.4, 0.5) is 0 Å². The number of esters is 1. The van der Waals surface area contributed by atoms with Gasteiger partial charge < -0.3 is 24.3 Å². The Bertz CT molecular complexity index is 966. The average molecular weight is 529 g/mol. The predicted molar refractivity (Wildman–Crippen MR) is 126 cm³/mol. The third-order valence-corrected chi connectivity index (χ3v) is 11.3. The number of aliphatic carboxylic acids is 1. The summed E-state index contributed by atoms with van der Waals surface area (Å²) in [6.45, 7) is 7.56. The highest BCUT2D eigenvalue weighted by atomic mass is 32.3. The van der Waals surface area contributed by atoms with Gasteiger partial charge in [-0.15, -0.1) is 0 Å². The van der Waals surface area contributed by atoms with Crippen LogP contribution in [0.25, 0.3) is 0 Å². The molecule has 1 N–H and O–H groups in total. The Balaban J connectivity index is 1.67. The summed E-state index contributed by atoms with van der Waals surface area (Å²) >= 11 is 0. The summed E-state index contributed by atoms with van der Waals surface area (Å²) < 4.78 is 46.5. The van der Waals surface area contributed by atoms with E-state index in [0.29, 0.717) is 32.1 Å². The number of hydrogen-bond donors (Lipinski definition) is 1. The van der Waals surface area contributed by atoms with Crippen LogP contribution < -0.4 is 5.11 Å². The molecule has 36 heavy (non-hydrogen) atoms. The molecule has 4 saturated carbocycles. The molecule has 4 aliphatic carbocycles. The molecule has 4 fully saturated rings. The van der Waals surface area contributed by atoms with Crippen LogP contribution in [0.2, 0.25) is 0 Å². The second-order valence-corrected chi connectivity index (χ2v) is 13.5. The molecular weight excluding hydrogens is 488 g/mol. The van der Waals surface area contributed by atoms with Crippen LogP contribution >= 0.6 is 0 Å². The van der Waals surface area contributed by atoms with E-state index < -0.39 is 34.0 Å². The number of carbonyl (C=O) groups excluding carboxylic acids is 2. The maximum Gasteiger partial charge on any atom is 0.302 e. The fourth-order valence-corrected chi connectivity index (χ4v) is 9.83. The normalized spacial score (nSPS) is 45.2. The highest BCUT2D eigenvalue weighted by molar-refractivity contribution is 7.80. The van der Waals surface area contributed by atoms with Gasteiger partial charge in [-0.05, 0) is 98.7 Å². The molecule has 4 rings (SSSR count). The fourth-order valence-electron chi connectivity index (χ4n) is 9.26. The van der Waals surface area contributed by atoms with E-state index in [9.17, 15) is 32.8 Å². The quantitative estimate of drug-likeness (QED) is 0.297. The van der Waals surface area contributed by atoms with Gasteiger partial charge in [0.05, 0.1) is 12.2 Å². The Morgan fingerprint density at radius 1 is 1.11 bits per heavy atom. The van der Waals surface area contributed by atoms with E-state index in [1.807, 2.05) is 13.8 Å². The molecule has 0 radical (unpaired) electrons. The van der Waals surface area contributed by atoms with Crippen LogP contribution in [0, 0.1) is 46.3 Å². The van der Waals surface area contributed by atoms with Crippen LogP contribution in [0.3, 0.4) is 0 Å². The molecular formula is C26H40O9S-2. The van der Waals surface area contributed by atoms with E-state index in [4.69, 9.17) is 8.92 Å². The second-order valence-electron chi connectivity index (χ2n) is 12.5. The smallest absolute Gasteiger partial charge is 0.302 e. The summed E-state index contributed by atoms with van der Waals surface area (Å²) in [5, 5.41) is 22.6. The van der Waals surface area contributed by atoms with E-state index in [0.717, 1.165) is 19.3 Å². The first kappa shape index (κ1) is 27.8. The SMILES string of the molecule is CC(=O)O[C@@H]1CC[C@@]2(C)[C@@H](C1)C[C@@H](O)[C@@H]1[C@@H]2C[C@H](OS(=O)(=O)[O-])[C@]2(C)[C@@H]([C@H](C)CCC(=O)[O-])CC[C@@H]12. The molecule has 10 heteroatoms. The Labute approximate surface area is 214 Å². The Morgan fingerprint density at radius 2 is 1.81 bits per heavy atom. The molecule has 0 aromatic rings. The van der Waals surface area contributed by atoms with Gasteiger partial charge in [0.15, 0.2) is 0 Å². The lowest BCUT2D eigenvalue weighted by Gasteiger charge is -2.64. The molecule has 0 aromatic carbocycles. The predicted octanol–water partition coefficient (Wildman–Crippen LogP) is 2.17. The van der Waals surface area contributed by atoms with Crippen molar-refractivity contribution in [3.05, 3.63) is 0 Å². The van der Waals surface area contributed by atoms with Crippen LogP contribution in [0.5, 0.6) is 0 Å². The third kappa shape index (κ3) is 4.95. The Hall–Kier alpha value is -1.23. The summed E-state index contributed by atoms with van der Waals surface area (Å²) in [4.78, 5) is 22.6. The van der Waals surface area contributed by atoms with Gasteiger partial charge in [-0.25, -0.2) is 8.42 Å². The molecule has 4 aliphatic rings. The average Bonchev–Trinajstić information content (AvgIpc) is 3.10. The van der Waals surface area contributed by atoms with Gasteiger partial charge >= 0.3 is 5.97 Å². The highest BCUT2D eigenvalue weighted by Gasteiger charge is 2.66. The zero-order chi connectivity index (χ0) is 26.6. The van der Waals surface area contributed by atoms with Crippen molar-refractivity contribution in [3.8, 4) is 0 Å². The lowest BCUT2D eigenvalue weighted by molar-refractivity contribution is -0.306. The number of carboxylic acid groups (broad SMARTS) is 1. The maximum atomic E-state index is 11.9. The van der Waals surface area contributed by atoms with E-state index >= 15 is 0 Å². The first-order chi connectivity index (χ1) is 16.7. The van der Waals surface area contributed by atoms with Crippen molar-refractivity contribution in [1.82, 2.24) is 0 Å². The van der Waals surface area contributed by atoms with Crippen LogP contribution in [-0.4, -0.2) is 48.3 Å². The molecule has 0 bridgehead atoms. The molecule has 0 aromatic heterocycles.